The molecule has 0 radical (unpaired) electrons. The van der Waals surface area contributed by atoms with Gasteiger partial charge in [0.05, 0.1) is 73.5 Å². The molecule has 5 heterocycles. The maximum Gasteiger partial charge on any atom is 0.326 e. The molecule has 0 spiro atoms. The van der Waals surface area contributed by atoms with Crippen molar-refractivity contribution in [3.05, 3.63) is 140 Å². The monoisotopic (exact) mass is 773 g/mol. The number of carboxylic acid groups (broad SMARTS) is 1. The van der Waals surface area contributed by atoms with Crippen LogP contribution in [0.1, 0.15) is 15.9 Å². The fourth-order valence-electron chi connectivity index (χ4n) is 5.29. The Hall–Kier alpha value is -5.38. The summed E-state index contributed by atoms with van der Waals surface area (Å²) in [5, 5.41) is 41.4. The lowest BCUT2D eigenvalue weighted by molar-refractivity contribution is -0.139. The van der Waals surface area contributed by atoms with Gasteiger partial charge in [0.15, 0.2) is 0 Å². The number of aromatic amines is 1. The van der Waals surface area contributed by atoms with E-state index in [9.17, 15) is 24.6 Å². The number of nitrogens with one attached hydrogen (secondary N) is 2. The van der Waals surface area contributed by atoms with Crippen LogP contribution in [0.15, 0.2) is 113 Å². The molecule has 0 saturated heterocycles. The minimum Gasteiger partial charge on any atom is -0.480 e. The van der Waals surface area contributed by atoms with E-state index < -0.39 is 23.5 Å². The fourth-order valence-corrected chi connectivity index (χ4v) is 7.29. The number of H-pyrrole nitrogens is 1. The first-order valence-electron chi connectivity index (χ1n) is 15.6. The number of aliphatic hydroxyl groups is 1. The summed E-state index contributed by atoms with van der Waals surface area (Å²) in [5.74, 6) is -1.94. The van der Waals surface area contributed by atoms with Gasteiger partial charge in [0, 0.05) is 12.6 Å². The molecule has 5 aromatic heterocycles. The molecule has 7 aromatic rings. The third-order valence-electron chi connectivity index (χ3n) is 7.74. The molecule has 0 bridgehead atoms. The quantitative estimate of drug-likeness (QED) is 0.113. The lowest BCUT2D eigenvalue weighted by Crippen LogP contribution is -2.42. The molecule has 1 atom stereocenters. The SMILES string of the molecule is O=C(N[C@@H](Cc1ccc(-c2c(-n3nccc3-c3cccs3)cnn(CCO)c2=O)cc1)C(=O)O)c1c(Cl)cccc1Cl.c1csc(-c2ccn[nH]2)c1. The van der Waals surface area contributed by atoms with Gasteiger partial charge in [-0.05, 0) is 58.3 Å². The molecule has 0 fully saturated rings. The molecule has 12 nitrogen and oxygen atoms in total. The number of hydrogen-bond acceptors (Lipinski definition) is 9. The van der Waals surface area contributed by atoms with E-state index in [1.807, 2.05) is 35.7 Å². The number of carbonyl (C=O) groups is 2. The number of halogens is 2. The molecule has 7 rings (SSSR count). The van der Waals surface area contributed by atoms with E-state index in [0.29, 0.717) is 22.4 Å². The maximum atomic E-state index is 13.5. The standard InChI is InChI=1S/C29H23Cl2N5O5S.C7H6N2S/c30-19-3-1-4-20(31)26(19)27(38)34-21(29(40)41)15-17-6-8-18(9-7-17)25-23(16-33-35(12-13-37)28(25)39)36-22(10-11-32-36)24-5-2-14-42-24;1-2-7(10-5-1)6-3-4-8-9-6/h1-11,14,16,21,37H,12-13,15H2,(H,34,38)(H,40,41);1-5H,(H,8,9)/t21-;/m0./s1. The van der Waals surface area contributed by atoms with Gasteiger partial charge in [0.2, 0.25) is 0 Å². The minimum atomic E-state index is -1.27. The highest BCUT2D eigenvalue weighted by Gasteiger charge is 2.24. The van der Waals surface area contributed by atoms with Crippen molar-refractivity contribution in [3.63, 3.8) is 0 Å². The van der Waals surface area contributed by atoms with Crippen LogP contribution in [0.25, 0.3) is 38.0 Å². The van der Waals surface area contributed by atoms with E-state index in [0.717, 1.165) is 16.3 Å². The smallest absolute Gasteiger partial charge is 0.326 e. The number of amides is 1. The molecule has 4 N–H and O–H groups in total. The number of benzene rings is 2. The van der Waals surface area contributed by atoms with Gasteiger partial charge in [0.1, 0.15) is 6.04 Å². The van der Waals surface area contributed by atoms with E-state index in [1.165, 1.54) is 39.2 Å². The average molecular weight is 775 g/mol. The Morgan fingerprint density at radius 3 is 2.21 bits per heavy atom. The third kappa shape index (κ3) is 8.22. The fraction of sp³-hybridized carbons (Fsp3) is 0.111. The summed E-state index contributed by atoms with van der Waals surface area (Å²) in [7, 11) is 0. The molecule has 16 heteroatoms. The van der Waals surface area contributed by atoms with Crippen LogP contribution in [-0.4, -0.2) is 64.5 Å². The maximum absolute atomic E-state index is 13.5. The van der Waals surface area contributed by atoms with E-state index in [1.54, 1.807) is 58.7 Å². The summed E-state index contributed by atoms with van der Waals surface area (Å²) in [6.07, 6.45) is 4.88. The molecule has 264 valence electrons. The summed E-state index contributed by atoms with van der Waals surface area (Å²) in [4.78, 5) is 40.5. The van der Waals surface area contributed by atoms with Gasteiger partial charge in [-0.25, -0.2) is 14.2 Å². The van der Waals surface area contributed by atoms with Crippen molar-refractivity contribution < 1.29 is 19.8 Å². The lowest BCUT2D eigenvalue weighted by atomic mass is 10.0. The summed E-state index contributed by atoms with van der Waals surface area (Å²) < 4.78 is 2.82. The second-order valence-corrected chi connectivity index (χ2v) is 13.8. The largest absolute Gasteiger partial charge is 0.480 e. The lowest BCUT2D eigenvalue weighted by Gasteiger charge is -2.17. The van der Waals surface area contributed by atoms with Gasteiger partial charge >= 0.3 is 5.97 Å². The first kappa shape index (κ1) is 36.4. The second-order valence-electron chi connectivity index (χ2n) is 11.1. The van der Waals surface area contributed by atoms with Crippen molar-refractivity contribution in [2.75, 3.05) is 6.61 Å². The molecule has 0 saturated carbocycles. The van der Waals surface area contributed by atoms with Gasteiger partial charge in [-0.1, -0.05) is 65.7 Å². The summed E-state index contributed by atoms with van der Waals surface area (Å²) in [6.45, 7) is -0.259. The molecule has 2 aromatic carbocycles. The number of carboxylic acids is 1. The highest BCUT2D eigenvalue weighted by molar-refractivity contribution is 7.13. The van der Waals surface area contributed by atoms with E-state index >= 15 is 0 Å². The van der Waals surface area contributed by atoms with Crippen LogP contribution in [-0.2, 0) is 17.8 Å². The van der Waals surface area contributed by atoms with Gasteiger partial charge in [0.25, 0.3) is 11.5 Å². The number of aliphatic carboxylic acids is 1. The Morgan fingerprint density at radius 1 is 0.885 bits per heavy atom. The van der Waals surface area contributed by atoms with Crippen molar-refractivity contribution in [2.24, 2.45) is 0 Å². The van der Waals surface area contributed by atoms with Gasteiger partial charge in [-0.15, -0.1) is 22.7 Å². The zero-order chi connectivity index (χ0) is 36.6. The average Bonchev–Trinajstić information content (AvgIpc) is 3.97. The summed E-state index contributed by atoms with van der Waals surface area (Å²) >= 11 is 15.5. The van der Waals surface area contributed by atoms with E-state index in [4.69, 9.17) is 23.2 Å². The molecular weight excluding hydrogens is 745 g/mol. The van der Waals surface area contributed by atoms with Crippen LogP contribution in [0.4, 0.5) is 0 Å². The normalized spacial score (nSPS) is 11.4. The number of thiophene rings is 2. The van der Waals surface area contributed by atoms with Crippen molar-refractivity contribution in [1.29, 1.82) is 0 Å². The Labute approximate surface area is 314 Å². The van der Waals surface area contributed by atoms with Crippen LogP contribution < -0.4 is 10.9 Å². The van der Waals surface area contributed by atoms with Gasteiger partial charge in [-0.3, -0.25) is 14.7 Å². The van der Waals surface area contributed by atoms with Crippen LogP contribution in [0, 0.1) is 0 Å². The van der Waals surface area contributed by atoms with Crippen LogP contribution in [0.5, 0.6) is 0 Å². The van der Waals surface area contributed by atoms with Gasteiger partial charge < -0.3 is 15.5 Å². The molecule has 0 aliphatic rings. The molecule has 52 heavy (non-hydrogen) atoms. The zero-order valence-corrected chi connectivity index (χ0v) is 30.2. The van der Waals surface area contributed by atoms with E-state index in [2.05, 4.69) is 37.2 Å². The number of carbonyl (C=O) groups excluding carboxylic acids is 1. The highest BCUT2D eigenvalue weighted by atomic mass is 35.5. The Bertz CT molecular complexity index is 2270. The van der Waals surface area contributed by atoms with E-state index in [-0.39, 0.29) is 35.2 Å². The molecule has 0 unspecified atom stereocenters. The highest BCUT2D eigenvalue weighted by Crippen LogP contribution is 2.30. The van der Waals surface area contributed by atoms with Crippen LogP contribution >= 0.6 is 45.9 Å². The van der Waals surface area contributed by atoms with Crippen molar-refractivity contribution in [1.82, 2.24) is 35.1 Å². The molecule has 0 aliphatic heterocycles. The Kier molecular flexibility index (Phi) is 11.7. The summed E-state index contributed by atoms with van der Waals surface area (Å²) in [6, 6.07) is 21.8. The number of aromatic nitrogens is 6. The number of aliphatic hydroxyl groups excluding tert-OH is 1. The minimum absolute atomic E-state index is 0.00709. The van der Waals surface area contributed by atoms with Gasteiger partial charge in [-0.2, -0.15) is 15.3 Å². The molecular formula is C36H29Cl2N7O5S2. The van der Waals surface area contributed by atoms with Crippen LogP contribution in [0.2, 0.25) is 10.0 Å². The number of nitrogens with zero attached hydrogens (tertiary/aromatic N) is 5. The predicted octanol–water partition coefficient (Wildman–Crippen LogP) is 6.69. The number of rotatable bonds is 11. The zero-order valence-electron chi connectivity index (χ0n) is 27.0. The summed E-state index contributed by atoms with van der Waals surface area (Å²) in [5.41, 5.74) is 3.34. The predicted molar refractivity (Wildman–Crippen MR) is 202 cm³/mol. The topological polar surface area (TPSA) is 168 Å². The molecule has 1 amide bonds. The molecule has 0 aliphatic carbocycles. The second kappa shape index (κ2) is 16.8. The van der Waals surface area contributed by atoms with Crippen molar-refractivity contribution in [2.45, 2.75) is 19.0 Å². The first-order valence-corrected chi connectivity index (χ1v) is 18.2. The van der Waals surface area contributed by atoms with Crippen molar-refractivity contribution in [3.8, 4) is 38.0 Å². The third-order valence-corrected chi connectivity index (χ3v) is 10.2. The van der Waals surface area contributed by atoms with Crippen molar-refractivity contribution >= 4 is 57.8 Å². The Balaban J connectivity index is 0.000000396. The first-order chi connectivity index (χ1) is 25.2. The Morgan fingerprint density at radius 2 is 1.60 bits per heavy atom. The number of hydrogen-bond donors (Lipinski definition) is 4. The van der Waals surface area contributed by atoms with Crippen LogP contribution in [0.3, 0.4) is 0 Å².